The van der Waals surface area contributed by atoms with Crippen LogP contribution in [0.25, 0.3) is 11.3 Å². The number of nitrogens with one attached hydrogen (secondary N) is 2. The van der Waals surface area contributed by atoms with Gasteiger partial charge in [-0.2, -0.15) is 0 Å². The number of fused-ring (bicyclic) bond motifs is 2. The van der Waals surface area contributed by atoms with E-state index in [1.165, 1.54) is 23.6 Å². The third-order valence-corrected chi connectivity index (χ3v) is 7.87. The summed E-state index contributed by atoms with van der Waals surface area (Å²) in [4.78, 5) is 10.8. The number of anilines is 3. The molecule has 0 bridgehead atoms. The third kappa shape index (κ3) is 4.63. The van der Waals surface area contributed by atoms with Gasteiger partial charge in [0, 0.05) is 23.8 Å². The standard InChI is InChI=1S/C29H33F2N5O/c1-18(2)36-17-29(9-4-3-5-10-29)37-27-23(30)13-20(14-25(27)36)26-24(31)16-33-28(35-26)34-22-7-6-19-8-11-32-15-21(19)12-22/h6-7,12-14,16,18,32H,3-5,8-11,15,17H2,1-2H3,(H,33,34,35). The zero-order valence-corrected chi connectivity index (χ0v) is 21.4. The van der Waals surface area contributed by atoms with Gasteiger partial charge in [0.1, 0.15) is 11.3 Å². The Morgan fingerprint density at radius 3 is 2.70 bits per heavy atom. The van der Waals surface area contributed by atoms with Crippen LogP contribution in [0.3, 0.4) is 0 Å². The van der Waals surface area contributed by atoms with Crippen molar-refractivity contribution in [1.82, 2.24) is 15.3 Å². The second-order valence-electron chi connectivity index (χ2n) is 10.8. The third-order valence-electron chi connectivity index (χ3n) is 7.87. The molecule has 2 aliphatic heterocycles. The van der Waals surface area contributed by atoms with E-state index >= 15 is 4.39 Å². The number of ether oxygens (including phenoxy) is 1. The van der Waals surface area contributed by atoms with Crippen molar-refractivity contribution in [3.63, 3.8) is 0 Å². The molecule has 0 saturated heterocycles. The Kier molecular flexibility index (Phi) is 6.23. The summed E-state index contributed by atoms with van der Waals surface area (Å²) in [7, 11) is 0. The molecule has 6 rings (SSSR count). The van der Waals surface area contributed by atoms with Crippen LogP contribution in [0.15, 0.2) is 36.5 Å². The van der Waals surface area contributed by atoms with Gasteiger partial charge in [-0.1, -0.05) is 12.5 Å². The van der Waals surface area contributed by atoms with E-state index in [4.69, 9.17) is 4.74 Å². The Labute approximate surface area is 216 Å². The van der Waals surface area contributed by atoms with Crippen molar-refractivity contribution in [2.75, 3.05) is 23.3 Å². The quantitative estimate of drug-likeness (QED) is 0.445. The van der Waals surface area contributed by atoms with Gasteiger partial charge in [0.15, 0.2) is 17.4 Å². The molecule has 0 unspecified atom stereocenters. The first-order chi connectivity index (χ1) is 17.9. The van der Waals surface area contributed by atoms with E-state index in [1.54, 1.807) is 6.07 Å². The van der Waals surface area contributed by atoms with Gasteiger partial charge in [0.2, 0.25) is 5.95 Å². The van der Waals surface area contributed by atoms with Crippen molar-refractivity contribution in [2.24, 2.45) is 0 Å². The van der Waals surface area contributed by atoms with Gasteiger partial charge >= 0.3 is 0 Å². The lowest BCUT2D eigenvalue weighted by atomic mass is 9.82. The van der Waals surface area contributed by atoms with Crippen LogP contribution in [-0.4, -0.2) is 34.7 Å². The molecule has 1 aliphatic carbocycles. The van der Waals surface area contributed by atoms with Crippen molar-refractivity contribution in [2.45, 2.75) is 70.6 Å². The highest BCUT2D eigenvalue weighted by Crippen LogP contribution is 2.46. The maximum atomic E-state index is 15.6. The molecule has 194 valence electrons. The molecule has 0 atom stereocenters. The normalized spacial score (nSPS) is 18.4. The summed E-state index contributed by atoms with van der Waals surface area (Å²) in [6.45, 7) is 6.67. The summed E-state index contributed by atoms with van der Waals surface area (Å²) in [5.41, 5.74) is 4.08. The van der Waals surface area contributed by atoms with Gasteiger partial charge in [0.25, 0.3) is 0 Å². The first-order valence-corrected chi connectivity index (χ1v) is 13.3. The predicted molar refractivity (Wildman–Crippen MR) is 141 cm³/mol. The summed E-state index contributed by atoms with van der Waals surface area (Å²) in [6, 6.07) is 9.41. The van der Waals surface area contributed by atoms with E-state index in [9.17, 15) is 4.39 Å². The van der Waals surface area contributed by atoms with Gasteiger partial charge in [-0.05, 0) is 87.9 Å². The van der Waals surface area contributed by atoms with Crippen molar-refractivity contribution in [1.29, 1.82) is 0 Å². The van der Waals surface area contributed by atoms with Gasteiger partial charge in [0.05, 0.1) is 18.4 Å². The van der Waals surface area contributed by atoms with Gasteiger partial charge in [-0.25, -0.2) is 18.7 Å². The molecule has 1 spiro atoms. The SMILES string of the molecule is CC(C)N1CC2(CCCCC2)Oc2c(F)cc(-c3nc(Nc4ccc5c(c4)CNCC5)ncc3F)cc21. The maximum Gasteiger partial charge on any atom is 0.227 e. The number of benzene rings is 2. The van der Waals surface area contributed by atoms with E-state index in [2.05, 4.69) is 51.5 Å². The van der Waals surface area contributed by atoms with Crippen molar-refractivity contribution >= 4 is 17.3 Å². The van der Waals surface area contributed by atoms with Crippen LogP contribution in [-0.2, 0) is 13.0 Å². The molecule has 3 aliphatic rings. The molecule has 37 heavy (non-hydrogen) atoms. The van der Waals surface area contributed by atoms with Gasteiger partial charge < -0.3 is 20.3 Å². The highest BCUT2D eigenvalue weighted by molar-refractivity contribution is 5.73. The lowest BCUT2D eigenvalue weighted by Crippen LogP contribution is -2.54. The number of halogens is 2. The lowest BCUT2D eigenvalue weighted by Gasteiger charge is -2.48. The van der Waals surface area contributed by atoms with E-state index in [1.807, 2.05) is 6.07 Å². The molecule has 2 aromatic carbocycles. The lowest BCUT2D eigenvalue weighted by molar-refractivity contribution is 0.0232. The molecule has 1 fully saturated rings. The number of hydrogen-bond acceptors (Lipinski definition) is 6. The molecule has 3 heterocycles. The molecule has 6 nitrogen and oxygen atoms in total. The number of nitrogens with zero attached hydrogens (tertiary/aromatic N) is 3. The zero-order chi connectivity index (χ0) is 25.6. The van der Waals surface area contributed by atoms with Crippen LogP contribution in [0.1, 0.15) is 57.1 Å². The fourth-order valence-electron chi connectivity index (χ4n) is 5.91. The van der Waals surface area contributed by atoms with Crippen molar-refractivity contribution in [3.8, 4) is 17.0 Å². The predicted octanol–water partition coefficient (Wildman–Crippen LogP) is 6.12. The Bertz CT molecular complexity index is 1320. The Morgan fingerprint density at radius 2 is 1.89 bits per heavy atom. The summed E-state index contributed by atoms with van der Waals surface area (Å²) in [5.74, 6) is -0.564. The smallest absolute Gasteiger partial charge is 0.227 e. The van der Waals surface area contributed by atoms with E-state index in [0.29, 0.717) is 17.8 Å². The average molecular weight is 506 g/mol. The monoisotopic (exact) mass is 505 g/mol. The van der Waals surface area contributed by atoms with Crippen molar-refractivity contribution in [3.05, 3.63) is 59.3 Å². The maximum absolute atomic E-state index is 15.6. The molecular formula is C29H33F2N5O. The number of hydrogen-bond donors (Lipinski definition) is 2. The van der Waals surface area contributed by atoms with E-state index < -0.39 is 11.6 Å². The van der Waals surface area contributed by atoms with E-state index in [0.717, 1.165) is 57.1 Å². The molecule has 2 N–H and O–H groups in total. The van der Waals surface area contributed by atoms with Crippen LogP contribution >= 0.6 is 0 Å². The molecule has 8 heteroatoms. The first-order valence-electron chi connectivity index (χ1n) is 13.3. The minimum atomic E-state index is -0.601. The Balaban J connectivity index is 1.34. The summed E-state index contributed by atoms with van der Waals surface area (Å²) < 4.78 is 37.0. The van der Waals surface area contributed by atoms with Gasteiger partial charge in [-0.15, -0.1) is 0 Å². The van der Waals surface area contributed by atoms with Crippen LogP contribution in [0.2, 0.25) is 0 Å². The average Bonchev–Trinajstić information content (AvgIpc) is 2.90. The molecule has 3 aromatic rings. The van der Waals surface area contributed by atoms with Gasteiger partial charge in [-0.3, -0.25) is 0 Å². The summed E-state index contributed by atoms with van der Waals surface area (Å²) >= 11 is 0. The Hall–Kier alpha value is -3.26. The van der Waals surface area contributed by atoms with E-state index in [-0.39, 0.29) is 29.0 Å². The van der Waals surface area contributed by atoms with Crippen LogP contribution in [0.5, 0.6) is 5.75 Å². The minimum absolute atomic E-state index is 0.0560. The highest BCUT2D eigenvalue weighted by Gasteiger charge is 2.42. The summed E-state index contributed by atoms with van der Waals surface area (Å²) in [5, 5.41) is 6.56. The Morgan fingerprint density at radius 1 is 1.05 bits per heavy atom. The molecular weight excluding hydrogens is 472 g/mol. The second-order valence-corrected chi connectivity index (χ2v) is 10.8. The summed E-state index contributed by atoms with van der Waals surface area (Å²) in [6.07, 6.45) is 7.33. The molecule has 1 saturated carbocycles. The van der Waals surface area contributed by atoms with Crippen LogP contribution in [0, 0.1) is 11.6 Å². The largest absolute Gasteiger partial charge is 0.480 e. The van der Waals surface area contributed by atoms with Crippen LogP contribution in [0.4, 0.5) is 26.1 Å². The number of aromatic nitrogens is 2. The highest BCUT2D eigenvalue weighted by atomic mass is 19.1. The first kappa shape index (κ1) is 24.1. The molecule has 0 radical (unpaired) electrons. The zero-order valence-electron chi connectivity index (χ0n) is 21.4. The second kappa shape index (κ2) is 9.56. The fraction of sp³-hybridized carbons (Fsp3) is 0.448. The molecule has 1 aromatic heterocycles. The topological polar surface area (TPSA) is 62.3 Å². The number of rotatable bonds is 4. The fourth-order valence-corrected chi connectivity index (χ4v) is 5.91. The minimum Gasteiger partial charge on any atom is -0.480 e. The van der Waals surface area contributed by atoms with Crippen molar-refractivity contribution < 1.29 is 13.5 Å². The van der Waals surface area contributed by atoms with Crippen LogP contribution < -0.4 is 20.3 Å². The molecule has 0 amide bonds.